The van der Waals surface area contributed by atoms with Gasteiger partial charge in [-0.2, -0.15) is 0 Å². The van der Waals surface area contributed by atoms with Crippen molar-refractivity contribution in [3.8, 4) is 0 Å². The van der Waals surface area contributed by atoms with Gasteiger partial charge in [0, 0.05) is 8.95 Å². The summed E-state index contributed by atoms with van der Waals surface area (Å²) in [7, 11) is 0. The quantitative estimate of drug-likeness (QED) is 0.551. The second-order valence-corrected chi connectivity index (χ2v) is 6.24. The Morgan fingerprint density at radius 2 is 1.83 bits per heavy atom. The van der Waals surface area contributed by atoms with E-state index in [2.05, 4.69) is 31.9 Å². The maximum atomic E-state index is 13.2. The average molecular weight is 392 g/mol. The number of halogens is 4. The molecule has 0 heterocycles. The van der Waals surface area contributed by atoms with Crippen LogP contribution >= 0.6 is 43.5 Å². The van der Waals surface area contributed by atoms with Crippen LogP contribution in [0.2, 0.25) is 0 Å². The molecule has 0 spiro atoms. The minimum absolute atomic E-state index is 0.211. The first kappa shape index (κ1) is 14.0. The highest BCUT2D eigenvalue weighted by Crippen LogP contribution is 2.35. The van der Waals surface area contributed by atoms with Gasteiger partial charge >= 0.3 is 0 Å². The van der Waals surface area contributed by atoms with Gasteiger partial charge in [0.15, 0.2) is 0 Å². The zero-order valence-electron chi connectivity index (χ0n) is 9.55. The summed E-state index contributed by atoms with van der Waals surface area (Å²) in [6.07, 6.45) is 0. The molecule has 0 aliphatic carbocycles. The molecule has 0 N–H and O–H groups in total. The van der Waals surface area contributed by atoms with Gasteiger partial charge < -0.3 is 0 Å². The molecule has 2 rings (SSSR count). The predicted molar refractivity (Wildman–Crippen MR) is 80.7 cm³/mol. The normalized spacial score (nSPS) is 12.5. The van der Waals surface area contributed by atoms with E-state index in [-0.39, 0.29) is 11.2 Å². The summed E-state index contributed by atoms with van der Waals surface area (Å²) in [4.78, 5) is 0. The SMILES string of the molecule is Cc1cc(C(Cl)c2ccc(Br)cc2Br)ccc1F. The van der Waals surface area contributed by atoms with Crippen LogP contribution in [0.3, 0.4) is 0 Å². The highest BCUT2D eigenvalue weighted by molar-refractivity contribution is 9.11. The highest BCUT2D eigenvalue weighted by Gasteiger charge is 2.15. The third kappa shape index (κ3) is 2.95. The van der Waals surface area contributed by atoms with Crippen LogP contribution in [0.15, 0.2) is 45.3 Å². The zero-order chi connectivity index (χ0) is 13.3. The molecular weight excluding hydrogens is 382 g/mol. The number of hydrogen-bond donors (Lipinski definition) is 0. The van der Waals surface area contributed by atoms with Gasteiger partial charge in [0.25, 0.3) is 0 Å². The molecule has 0 fully saturated rings. The monoisotopic (exact) mass is 390 g/mol. The van der Waals surface area contributed by atoms with E-state index < -0.39 is 0 Å². The molecular formula is C14H10Br2ClF. The lowest BCUT2D eigenvalue weighted by Gasteiger charge is -2.13. The average Bonchev–Trinajstić information content (AvgIpc) is 2.32. The molecule has 2 aromatic carbocycles. The Hall–Kier alpha value is -0.380. The molecule has 0 bridgehead atoms. The summed E-state index contributed by atoms with van der Waals surface area (Å²) < 4.78 is 15.2. The molecule has 1 unspecified atom stereocenters. The van der Waals surface area contributed by atoms with Crippen LogP contribution in [0.1, 0.15) is 22.1 Å². The van der Waals surface area contributed by atoms with E-state index in [0.29, 0.717) is 5.56 Å². The lowest BCUT2D eigenvalue weighted by Crippen LogP contribution is -1.96. The smallest absolute Gasteiger partial charge is 0.126 e. The zero-order valence-corrected chi connectivity index (χ0v) is 13.5. The summed E-state index contributed by atoms with van der Waals surface area (Å²) in [5.74, 6) is -0.211. The second kappa shape index (κ2) is 5.72. The third-order valence-electron chi connectivity index (χ3n) is 2.71. The first-order valence-corrected chi connectivity index (χ1v) is 7.36. The van der Waals surface area contributed by atoms with E-state index in [0.717, 1.165) is 20.1 Å². The van der Waals surface area contributed by atoms with E-state index in [9.17, 15) is 4.39 Å². The largest absolute Gasteiger partial charge is 0.207 e. The number of rotatable bonds is 2. The molecule has 1 atom stereocenters. The van der Waals surface area contributed by atoms with E-state index in [1.807, 2.05) is 18.2 Å². The maximum Gasteiger partial charge on any atom is 0.126 e. The number of benzene rings is 2. The van der Waals surface area contributed by atoms with Gasteiger partial charge in [-0.3, -0.25) is 0 Å². The van der Waals surface area contributed by atoms with Crippen LogP contribution in [0, 0.1) is 12.7 Å². The van der Waals surface area contributed by atoms with Crippen molar-refractivity contribution in [3.63, 3.8) is 0 Å². The van der Waals surface area contributed by atoms with Crippen molar-refractivity contribution < 1.29 is 4.39 Å². The molecule has 0 saturated heterocycles. The minimum atomic E-state index is -0.299. The lowest BCUT2D eigenvalue weighted by atomic mass is 10.0. The summed E-state index contributed by atoms with van der Waals surface area (Å²) >= 11 is 13.3. The first-order valence-electron chi connectivity index (χ1n) is 5.34. The molecule has 18 heavy (non-hydrogen) atoms. The van der Waals surface area contributed by atoms with Gasteiger partial charge in [-0.15, -0.1) is 11.6 Å². The van der Waals surface area contributed by atoms with Crippen molar-refractivity contribution in [1.82, 2.24) is 0 Å². The van der Waals surface area contributed by atoms with Crippen LogP contribution in [-0.4, -0.2) is 0 Å². The Morgan fingerprint density at radius 1 is 1.11 bits per heavy atom. The topological polar surface area (TPSA) is 0 Å². The van der Waals surface area contributed by atoms with E-state index in [4.69, 9.17) is 11.6 Å². The van der Waals surface area contributed by atoms with Crippen molar-refractivity contribution in [2.24, 2.45) is 0 Å². The summed E-state index contributed by atoms with van der Waals surface area (Å²) in [5.41, 5.74) is 2.45. The number of hydrogen-bond acceptors (Lipinski definition) is 0. The molecule has 0 amide bonds. The Balaban J connectivity index is 2.41. The van der Waals surface area contributed by atoms with Crippen LogP contribution < -0.4 is 0 Å². The summed E-state index contributed by atoms with van der Waals surface area (Å²) in [6, 6.07) is 10.8. The summed E-state index contributed by atoms with van der Waals surface area (Å²) in [5, 5.41) is -0.299. The predicted octanol–water partition coefficient (Wildman–Crippen LogP) is 5.99. The molecule has 0 aromatic heterocycles. The highest BCUT2D eigenvalue weighted by atomic mass is 79.9. The van der Waals surface area contributed by atoms with E-state index in [1.54, 1.807) is 19.1 Å². The fourth-order valence-electron chi connectivity index (χ4n) is 1.71. The van der Waals surface area contributed by atoms with Gasteiger partial charge in [0.2, 0.25) is 0 Å². The Bertz CT molecular complexity index is 584. The second-order valence-electron chi connectivity index (χ2n) is 4.04. The van der Waals surface area contributed by atoms with Crippen molar-refractivity contribution in [2.45, 2.75) is 12.3 Å². The van der Waals surface area contributed by atoms with E-state index in [1.165, 1.54) is 6.07 Å². The van der Waals surface area contributed by atoms with Crippen LogP contribution in [0.4, 0.5) is 4.39 Å². The van der Waals surface area contributed by atoms with Crippen LogP contribution in [0.25, 0.3) is 0 Å². The lowest BCUT2D eigenvalue weighted by molar-refractivity contribution is 0.617. The molecule has 0 aliphatic rings. The van der Waals surface area contributed by atoms with Gasteiger partial charge in [-0.25, -0.2) is 4.39 Å². The van der Waals surface area contributed by atoms with Gasteiger partial charge in [-0.1, -0.05) is 50.1 Å². The van der Waals surface area contributed by atoms with Crippen molar-refractivity contribution in [3.05, 3.63) is 67.9 Å². The fourth-order valence-corrected chi connectivity index (χ4v) is 3.45. The summed E-state index contributed by atoms with van der Waals surface area (Å²) in [6.45, 7) is 1.74. The molecule has 94 valence electrons. The molecule has 2 aromatic rings. The number of aryl methyl sites for hydroxylation is 1. The van der Waals surface area contributed by atoms with Crippen molar-refractivity contribution >= 4 is 43.5 Å². The Labute approximate surface area is 127 Å². The van der Waals surface area contributed by atoms with Gasteiger partial charge in [-0.05, 0) is 41.8 Å². The standard InChI is InChI=1S/C14H10Br2ClF/c1-8-6-9(2-5-13(8)18)14(17)11-4-3-10(15)7-12(11)16/h2-7,14H,1H3. The van der Waals surface area contributed by atoms with Crippen LogP contribution in [0.5, 0.6) is 0 Å². The Kier molecular flexibility index (Phi) is 4.46. The van der Waals surface area contributed by atoms with Gasteiger partial charge in [0.1, 0.15) is 5.82 Å². The van der Waals surface area contributed by atoms with Crippen LogP contribution in [-0.2, 0) is 0 Å². The van der Waals surface area contributed by atoms with Crippen molar-refractivity contribution in [2.75, 3.05) is 0 Å². The first-order chi connectivity index (χ1) is 8.49. The third-order valence-corrected chi connectivity index (χ3v) is 4.38. The Morgan fingerprint density at radius 3 is 2.44 bits per heavy atom. The maximum absolute atomic E-state index is 13.2. The van der Waals surface area contributed by atoms with Gasteiger partial charge in [0.05, 0.1) is 5.38 Å². The minimum Gasteiger partial charge on any atom is -0.207 e. The van der Waals surface area contributed by atoms with Crippen molar-refractivity contribution in [1.29, 1.82) is 0 Å². The fraction of sp³-hybridized carbons (Fsp3) is 0.143. The van der Waals surface area contributed by atoms with E-state index >= 15 is 0 Å². The molecule has 0 aliphatic heterocycles. The molecule has 0 radical (unpaired) electrons. The molecule has 0 nitrogen and oxygen atoms in total. The number of alkyl halides is 1. The molecule has 4 heteroatoms. The molecule has 0 saturated carbocycles.